The highest BCUT2D eigenvalue weighted by Gasteiger charge is 2.17. The van der Waals surface area contributed by atoms with Crippen molar-refractivity contribution < 1.29 is 9.47 Å². The van der Waals surface area contributed by atoms with Gasteiger partial charge in [0.2, 0.25) is 0 Å². The zero-order chi connectivity index (χ0) is 15.2. The lowest BCUT2D eigenvalue weighted by atomic mass is 10.1. The Balaban J connectivity index is 2.15. The number of hydrogen-bond donors (Lipinski definition) is 1. The van der Waals surface area contributed by atoms with Gasteiger partial charge in [-0.15, -0.1) is 0 Å². The maximum absolute atomic E-state index is 6.00. The summed E-state index contributed by atoms with van der Waals surface area (Å²) < 4.78 is 12.6. The Bertz CT molecular complexity index is 460. The molecule has 0 spiro atoms. The lowest BCUT2D eigenvalue weighted by molar-refractivity contribution is 0.221. The molecule has 1 aliphatic heterocycles. The summed E-state index contributed by atoms with van der Waals surface area (Å²) in [6.07, 6.45) is 1.09. The van der Waals surface area contributed by atoms with Crippen LogP contribution in [0.5, 0.6) is 11.5 Å². The lowest BCUT2D eigenvalue weighted by Crippen LogP contribution is -2.44. The molecule has 1 N–H and O–H groups in total. The molecule has 0 atom stereocenters. The number of nitrogens with zero attached hydrogens (tertiary/aromatic N) is 1. The molecule has 1 aliphatic rings. The Morgan fingerprint density at radius 1 is 1.29 bits per heavy atom. The number of nitrogens with one attached hydrogen (secondary N) is 1. The maximum Gasteiger partial charge on any atom is 0.165 e. The quantitative estimate of drug-likeness (QED) is 0.849. The average molecular weight is 357 g/mol. The molecule has 0 aromatic heterocycles. The number of benzene rings is 1. The van der Waals surface area contributed by atoms with Gasteiger partial charge in [-0.3, -0.25) is 0 Å². The van der Waals surface area contributed by atoms with Crippen molar-refractivity contribution in [1.82, 2.24) is 10.2 Å². The Kier molecular flexibility index (Phi) is 6.33. The van der Waals surface area contributed by atoms with Crippen LogP contribution in [0.2, 0.25) is 0 Å². The fourth-order valence-electron chi connectivity index (χ4n) is 2.55. The number of ether oxygens (including phenoxy) is 2. The number of piperazine rings is 1. The van der Waals surface area contributed by atoms with Gasteiger partial charge in [0, 0.05) is 42.8 Å². The van der Waals surface area contributed by atoms with Gasteiger partial charge in [0.05, 0.1) is 13.2 Å². The van der Waals surface area contributed by atoms with Crippen LogP contribution in [-0.4, -0.2) is 50.8 Å². The topological polar surface area (TPSA) is 33.7 Å². The van der Waals surface area contributed by atoms with Crippen molar-refractivity contribution in [3.63, 3.8) is 0 Å². The van der Waals surface area contributed by atoms with Gasteiger partial charge in [-0.1, -0.05) is 15.9 Å². The zero-order valence-electron chi connectivity index (χ0n) is 13.1. The Morgan fingerprint density at radius 3 is 2.62 bits per heavy atom. The Labute approximate surface area is 135 Å². The SMILES string of the molecule is COc1ccc(Br)c(CCN2CCNCC2)c1OC(C)C. The molecule has 1 aromatic rings. The summed E-state index contributed by atoms with van der Waals surface area (Å²) in [4.78, 5) is 2.49. The lowest BCUT2D eigenvalue weighted by Gasteiger charge is -2.28. The molecular formula is C16H25BrN2O2. The second-order valence-electron chi connectivity index (χ2n) is 5.57. The number of halogens is 1. The van der Waals surface area contributed by atoms with Crippen LogP contribution >= 0.6 is 15.9 Å². The van der Waals surface area contributed by atoms with E-state index < -0.39 is 0 Å². The van der Waals surface area contributed by atoms with Gasteiger partial charge in [0.25, 0.3) is 0 Å². The molecule has 5 heteroatoms. The minimum atomic E-state index is 0.131. The number of rotatable bonds is 6. The highest BCUT2D eigenvalue weighted by atomic mass is 79.9. The molecule has 2 rings (SSSR count). The van der Waals surface area contributed by atoms with Gasteiger partial charge in [-0.25, -0.2) is 0 Å². The minimum absolute atomic E-state index is 0.131. The molecule has 0 saturated carbocycles. The van der Waals surface area contributed by atoms with E-state index in [9.17, 15) is 0 Å². The summed E-state index contributed by atoms with van der Waals surface area (Å²) in [6, 6.07) is 4.00. The molecule has 0 unspecified atom stereocenters. The monoisotopic (exact) mass is 356 g/mol. The van der Waals surface area contributed by atoms with Crippen molar-refractivity contribution in [3.8, 4) is 11.5 Å². The van der Waals surface area contributed by atoms with E-state index in [1.807, 2.05) is 26.0 Å². The summed E-state index contributed by atoms with van der Waals surface area (Å²) in [7, 11) is 1.69. The van der Waals surface area contributed by atoms with Crippen molar-refractivity contribution in [3.05, 3.63) is 22.2 Å². The fraction of sp³-hybridized carbons (Fsp3) is 0.625. The molecule has 4 nitrogen and oxygen atoms in total. The van der Waals surface area contributed by atoms with E-state index >= 15 is 0 Å². The second kappa shape index (κ2) is 8.01. The summed E-state index contributed by atoms with van der Waals surface area (Å²) in [5.41, 5.74) is 1.20. The molecule has 0 amide bonds. The van der Waals surface area contributed by atoms with Crippen LogP contribution in [0, 0.1) is 0 Å². The molecular weight excluding hydrogens is 332 g/mol. The molecule has 1 aromatic carbocycles. The summed E-state index contributed by atoms with van der Waals surface area (Å²) in [6.45, 7) is 9.51. The Hall–Kier alpha value is -0.780. The first-order valence-electron chi connectivity index (χ1n) is 7.57. The van der Waals surface area contributed by atoms with Crippen LogP contribution in [0.15, 0.2) is 16.6 Å². The number of hydrogen-bond acceptors (Lipinski definition) is 4. The highest BCUT2D eigenvalue weighted by molar-refractivity contribution is 9.10. The van der Waals surface area contributed by atoms with Crippen molar-refractivity contribution in [2.45, 2.75) is 26.4 Å². The van der Waals surface area contributed by atoms with Gasteiger partial charge in [-0.2, -0.15) is 0 Å². The molecule has 0 radical (unpaired) electrons. The average Bonchev–Trinajstić information content (AvgIpc) is 2.47. The van der Waals surface area contributed by atoms with Gasteiger partial charge in [0.15, 0.2) is 11.5 Å². The largest absolute Gasteiger partial charge is 0.493 e. The summed E-state index contributed by atoms with van der Waals surface area (Å²) >= 11 is 3.66. The predicted octanol–water partition coefficient (Wildman–Crippen LogP) is 2.69. The standard InChI is InChI=1S/C16H25BrN2O2/c1-12(2)21-16-13(14(17)4-5-15(16)20-3)6-9-19-10-7-18-8-11-19/h4-5,12,18H,6-11H2,1-3H3. The van der Waals surface area contributed by atoms with Crippen molar-refractivity contribution >= 4 is 15.9 Å². The van der Waals surface area contributed by atoms with Gasteiger partial charge in [0.1, 0.15) is 0 Å². The first-order valence-corrected chi connectivity index (χ1v) is 8.36. The fourth-order valence-corrected chi connectivity index (χ4v) is 3.06. The first-order chi connectivity index (χ1) is 10.1. The van der Waals surface area contributed by atoms with Crippen LogP contribution in [0.1, 0.15) is 19.4 Å². The highest BCUT2D eigenvalue weighted by Crippen LogP contribution is 2.37. The predicted molar refractivity (Wildman–Crippen MR) is 89.5 cm³/mol. The van der Waals surface area contributed by atoms with Gasteiger partial charge >= 0.3 is 0 Å². The Morgan fingerprint density at radius 2 is 2.00 bits per heavy atom. The molecule has 0 aliphatic carbocycles. The van der Waals surface area contributed by atoms with E-state index in [1.54, 1.807) is 7.11 Å². The van der Waals surface area contributed by atoms with Crippen LogP contribution in [0.4, 0.5) is 0 Å². The maximum atomic E-state index is 6.00. The van der Waals surface area contributed by atoms with E-state index in [4.69, 9.17) is 9.47 Å². The molecule has 118 valence electrons. The molecule has 1 saturated heterocycles. The van der Waals surface area contributed by atoms with Crippen molar-refractivity contribution in [2.75, 3.05) is 39.8 Å². The smallest absolute Gasteiger partial charge is 0.165 e. The molecule has 1 fully saturated rings. The third-order valence-electron chi connectivity index (χ3n) is 3.63. The zero-order valence-corrected chi connectivity index (χ0v) is 14.7. The van der Waals surface area contributed by atoms with Crippen LogP contribution in [0.25, 0.3) is 0 Å². The van der Waals surface area contributed by atoms with E-state index in [1.165, 1.54) is 5.56 Å². The first kappa shape index (κ1) is 16.6. The summed E-state index contributed by atoms with van der Waals surface area (Å²) in [5.74, 6) is 1.68. The molecule has 0 bridgehead atoms. The second-order valence-corrected chi connectivity index (χ2v) is 6.42. The third-order valence-corrected chi connectivity index (χ3v) is 4.37. The van der Waals surface area contributed by atoms with Crippen LogP contribution in [0.3, 0.4) is 0 Å². The van der Waals surface area contributed by atoms with Gasteiger partial charge in [-0.05, 0) is 32.4 Å². The van der Waals surface area contributed by atoms with Crippen LogP contribution in [-0.2, 0) is 6.42 Å². The molecule has 1 heterocycles. The van der Waals surface area contributed by atoms with E-state index in [0.29, 0.717) is 0 Å². The third kappa shape index (κ3) is 4.59. The summed E-state index contributed by atoms with van der Waals surface area (Å²) in [5, 5.41) is 3.38. The van der Waals surface area contributed by atoms with Crippen molar-refractivity contribution in [2.24, 2.45) is 0 Å². The van der Waals surface area contributed by atoms with E-state index in [0.717, 1.165) is 55.1 Å². The minimum Gasteiger partial charge on any atom is -0.493 e. The molecule has 21 heavy (non-hydrogen) atoms. The number of methoxy groups -OCH3 is 1. The van der Waals surface area contributed by atoms with Crippen LogP contribution < -0.4 is 14.8 Å². The normalized spacial score (nSPS) is 16.2. The van der Waals surface area contributed by atoms with E-state index in [-0.39, 0.29) is 6.10 Å². The van der Waals surface area contributed by atoms with Crippen molar-refractivity contribution in [1.29, 1.82) is 0 Å². The van der Waals surface area contributed by atoms with E-state index in [2.05, 4.69) is 26.1 Å². The van der Waals surface area contributed by atoms with Gasteiger partial charge < -0.3 is 19.7 Å².